The van der Waals surface area contributed by atoms with Gasteiger partial charge in [-0.25, -0.2) is 0 Å². The molecular formula is C34H74O3. The van der Waals surface area contributed by atoms with E-state index in [4.69, 9.17) is 9.84 Å². The number of aliphatic hydroxyl groups excluding tert-OH is 2. The van der Waals surface area contributed by atoms with Gasteiger partial charge in [0.15, 0.2) is 6.29 Å². The van der Waals surface area contributed by atoms with Crippen molar-refractivity contribution in [2.45, 2.75) is 196 Å². The maximum atomic E-state index is 9.87. The topological polar surface area (TPSA) is 49.7 Å². The second-order valence-corrected chi connectivity index (χ2v) is 9.54. The summed E-state index contributed by atoms with van der Waals surface area (Å²) < 4.78 is 4.83. The molecule has 3 heteroatoms. The van der Waals surface area contributed by atoms with E-state index >= 15 is 0 Å². The number of allylic oxidation sites excluding steroid dienone is 1. The van der Waals surface area contributed by atoms with Crippen LogP contribution in [0.3, 0.4) is 0 Å². The first-order chi connectivity index (χ1) is 18.1. The van der Waals surface area contributed by atoms with Crippen molar-refractivity contribution in [3.05, 3.63) is 12.7 Å². The number of rotatable bonds is 14. The fourth-order valence-electron chi connectivity index (χ4n) is 4.29. The first-order valence-corrected chi connectivity index (χ1v) is 16.7. The SMILES string of the molecule is C=CCCCCCC.CC.CC.CC.CCCCCCCC(O)CCC1CCCC1.OC1CCCCO1. The van der Waals surface area contributed by atoms with E-state index in [1.165, 1.54) is 96.3 Å². The molecule has 2 fully saturated rings. The lowest BCUT2D eigenvalue weighted by Crippen LogP contribution is -2.17. The Morgan fingerprint density at radius 3 is 1.68 bits per heavy atom. The molecule has 2 rings (SSSR count). The Morgan fingerprint density at radius 1 is 0.730 bits per heavy atom. The van der Waals surface area contributed by atoms with Crippen molar-refractivity contribution in [1.29, 1.82) is 0 Å². The maximum absolute atomic E-state index is 9.87. The van der Waals surface area contributed by atoms with E-state index in [-0.39, 0.29) is 6.10 Å². The van der Waals surface area contributed by atoms with E-state index in [1.807, 2.05) is 47.6 Å². The number of hydrogen-bond acceptors (Lipinski definition) is 3. The van der Waals surface area contributed by atoms with Crippen LogP contribution >= 0.6 is 0 Å². The van der Waals surface area contributed by atoms with Gasteiger partial charge in [0.05, 0.1) is 6.10 Å². The predicted molar refractivity (Wildman–Crippen MR) is 169 cm³/mol. The smallest absolute Gasteiger partial charge is 0.154 e. The van der Waals surface area contributed by atoms with Gasteiger partial charge in [-0.15, -0.1) is 6.58 Å². The largest absolute Gasteiger partial charge is 0.393 e. The first kappa shape index (κ1) is 43.7. The minimum Gasteiger partial charge on any atom is -0.393 e. The average Bonchev–Trinajstić information content (AvgIpc) is 3.48. The molecule has 0 aromatic rings. The molecule has 1 heterocycles. The summed E-state index contributed by atoms with van der Waals surface area (Å²) in [5, 5.41) is 18.6. The summed E-state index contributed by atoms with van der Waals surface area (Å²) >= 11 is 0. The van der Waals surface area contributed by atoms with Gasteiger partial charge in [0.25, 0.3) is 0 Å². The molecular weight excluding hydrogens is 456 g/mol. The number of unbranched alkanes of at least 4 members (excludes halogenated alkanes) is 8. The van der Waals surface area contributed by atoms with Crippen LogP contribution in [0.15, 0.2) is 12.7 Å². The number of hydrogen-bond donors (Lipinski definition) is 2. The van der Waals surface area contributed by atoms with Crippen molar-refractivity contribution in [3.8, 4) is 0 Å². The minimum absolute atomic E-state index is 0.0118. The van der Waals surface area contributed by atoms with Crippen LogP contribution in [0, 0.1) is 5.92 Å². The van der Waals surface area contributed by atoms with Crippen molar-refractivity contribution in [2.75, 3.05) is 6.61 Å². The van der Waals surface area contributed by atoms with Gasteiger partial charge in [-0.2, -0.15) is 0 Å². The second kappa shape index (κ2) is 42.7. The zero-order chi connectivity index (χ0) is 29.0. The van der Waals surface area contributed by atoms with Crippen molar-refractivity contribution in [3.63, 3.8) is 0 Å². The Bertz CT molecular complexity index is 347. The van der Waals surface area contributed by atoms with E-state index in [2.05, 4.69) is 20.4 Å². The molecule has 228 valence electrons. The summed E-state index contributed by atoms with van der Waals surface area (Å²) in [4.78, 5) is 0. The van der Waals surface area contributed by atoms with Gasteiger partial charge in [-0.3, -0.25) is 0 Å². The van der Waals surface area contributed by atoms with Crippen molar-refractivity contribution in [2.24, 2.45) is 5.92 Å². The molecule has 0 bridgehead atoms. The Hall–Kier alpha value is -0.380. The normalized spacial score (nSPS) is 17.0. The van der Waals surface area contributed by atoms with Gasteiger partial charge >= 0.3 is 0 Å². The molecule has 3 nitrogen and oxygen atoms in total. The molecule has 0 aromatic carbocycles. The third-order valence-corrected chi connectivity index (χ3v) is 6.44. The lowest BCUT2D eigenvalue weighted by atomic mass is 9.97. The fourth-order valence-corrected chi connectivity index (χ4v) is 4.29. The van der Waals surface area contributed by atoms with Crippen LogP contribution in [0.2, 0.25) is 0 Å². The second-order valence-electron chi connectivity index (χ2n) is 9.54. The Labute approximate surface area is 236 Å². The Balaban J connectivity index is -0.000000218. The molecule has 1 saturated heterocycles. The van der Waals surface area contributed by atoms with E-state index in [0.717, 1.165) is 44.6 Å². The van der Waals surface area contributed by atoms with Crippen molar-refractivity contribution >= 4 is 0 Å². The summed E-state index contributed by atoms with van der Waals surface area (Å²) in [5.74, 6) is 0.940. The van der Waals surface area contributed by atoms with Gasteiger partial charge in [-0.05, 0) is 57.3 Å². The summed E-state index contributed by atoms with van der Waals surface area (Å²) in [5.41, 5.74) is 0. The van der Waals surface area contributed by atoms with E-state index in [0.29, 0.717) is 0 Å². The maximum Gasteiger partial charge on any atom is 0.154 e. The highest BCUT2D eigenvalue weighted by atomic mass is 16.6. The summed E-state index contributed by atoms with van der Waals surface area (Å²) in [7, 11) is 0. The molecule has 0 radical (unpaired) electrons. The lowest BCUT2D eigenvalue weighted by molar-refractivity contribution is -0.123. The summed E-state index contributed by atoms with van der Waals surface area (Å²) in [6.45, 7) is 20.9. The third kappa shape index (κ3) is 40.3. The molecule has 1 saturated carbocycles. The molecule has 2 N–H and O–H groups in total. The molecule has 0 spiro atoms. The quantitative estimate of drug-likeness (QED) is 0.173. The van der Waals surface area contributed by atoms with Gasteiger partial charge in [0, 0.05) is 6.61 Å². The molecule has 1 aliphatic carbocycles. The van der Waals surface area contributed by atoms with E-state index in [9.17, 15) is 5.11 Å². The van der Waals surface area contributed by atoms with Gasteiger partial charge < -0.3 is 14.9 Å². The summed E-state index contributed by atoms with van der Waals surface area (Å²) in [6, 6.07) is 0. The fraction of sp³-hybridized carbons (Fsp3) is 0.941. The number of aliphatic hydroxyl groups is 2. The molecule has 2 atom stereocenters. The van der Waals surface area contributed by atoms with Crippen molar-refractivity contribution in [1.82, 2.24) is 0 Å². The average molecular weight is 531 g/mol. The summed E-state index contributed by atoms with van der Waals surface area (Å²) in [6.07, 6.45) is 26.8. The Morgan fingerprint density at radius 2 is 1.24 bits per heavy atom. The monoisotopic (exact) mass is 531 g/mol. The highest BCUT2D eigenvalue weighted by Crippen LogP contribution is 2.29. The van der Waals surface area contributed by atoms with Crippen LogP contribution in [-0.2, 0) is 4.74 Å². The van der Waals surface area contributed by atoms with Crippen LogP contribution in [0.4, 0.5) is 0 Å². The molecule has 37 heavy (non-hydrogen) atoms. The van der Waals surface area contributed by atoms with Crippen LogP contribution in [0.5, 0.6) is 0 Å². The van der Waals surface area contributed by atoms with Gasteiger partial charge in [-0.1, -0.05) is 139 Å². The Kier molecular flexibility index (Phi) is 50.4. The zero-order valence-electron chi connectivity index (χ0n) is 27.2. The van der Waals surface area contributed by atoms with Crippen LogP contribution in [0.1, 0.15) is 184 Å². The van der Waals surface area contributed by atoms with Crippen LogP contribution in [0.25, 0.3) is 0 Å². The van der Waals surface area contributed by atoms with E-state index in [1.54, 1.807) is 0 Å². The predicted octanol–water partition coefficient (Wildman–Crippen LogP) is 11.4. The van der Waals surface area contributed by atoms with Gasteiger partial charge in [0.2, 0.25) is 0 Å². The van der Waals surface area contributed by atoms with Crippen LogP contribution in [-0.4, -0.2) is 29.2 Å². The molecule has 2 unspecified atom stereocenters. The van der Waals surface area contributed by atoms with Crippen LogP contribution < -0.4 is 0 Å². The van der Waals surface area contributed by atoms with Gasteiger partial charge in [0.1, 0.15) is 0 Å². The minimum atomic E-state index is -0.464. The standard InChI is InChI=1S/C15H30O.C8H16.C5H10O2.3C2H6/c1-2-3-4-5-6-11-15(16)13-12-14-9-7-8-10-14;1-3-5-7-8-6-4-2;6-5-3-1-2-4-7-5;3*1-2/h14-16H,2-13H2,1H3;3H,1,4-8H2,2H3;5-6H,1-4H2;3*1-2H3. The zero-order valence-corrected chi connectivity index (χ0v) is 27.2. The molecule has 0 aromatic heterocycles. The highest BCUT2D eigenvalue weighted by Gasteiger charge is 2.16. The number of ether oxygens (including phenoxy) is 1. The third-order valence-electron chi connectivity index (χ3n) is 6.44. The highest BCUT2D eigenvalue weighted by molar-refractivity contribution is 4.69. The molecule has 1 aliphatic heterocycles. The molecule has 2 aliphatic rings. The van der Waals surface area contributed by atoms with E-state index < -0.39 is 6.29 Å². The lowest BCUT2D eigenvalue weighted by Gasteiger charge is -2.16. The first-order valence-electron chi connectivity index (χ1n) is 16.7. The molecule has 0 amide bonds. The van der Waals surface area contributed by atoms with Crippen molar-refractivity contribution < 1.29 is 14.9 Å².